The first kappa shape index (κ1) is 30.8. The van der Waals surface area contributed by atoms with Gasteiger partial charge < -0.3 is 9.47 Å². The van der Waals surface area contributed by atoms with Crippen LogP contribution in [-0.2, 0) is 16.1 Å². The Hall–Kier alpha value is -5.17. The summed E-state index contributed by atoms with van der Waals surface area (Å²) in [5.74, 6) is 0.138. The van der Waals surface area contributed by atoms with Gasteiger partial charge >= 0.3 is 5.97 Å². The van der Waals surface area contributed by atoms with Gasteiger partial charge in [-0.05, 0) is 72.3 Å². The minimum Gasteiger partial charge on any atom is -0.489 e. The van der Waals surface area contributed by atoms with E-state index in [1.807, 2.05) is 103 Å². The van der Waals surface area contributed by atoms with E-state index >= 15 is 0 Å². The fourth-order valence-electron chi connectivity index (χ4n) is 5.23. The molecule has 6 rings (SSSR count). The van der Waals surface area contributed by atoms with Crippen molar-refractivity contribution in [2.45, 2.75) is 24.5 Å². The number of hydrogen-bond donors (Lipinski definition) is 0. The summed E-state index contributed by atoms with van der Waals surface area (Å²) in [6, 6.07) is 33.6. The van der Waals surface area contributed by atoms with Gasteiger partial charge in [0.15, 0.2) is 4.80 Å². The Labute approximate surface area is 274 Å². The molecule has 5 aromatic rings. The van der Waals surface area contributed by atoms with E-state index in [2.05, 4.69) is 6.07 Å². The van der Waals surface area contributed by atoms with Crippen molar-refractivity contribution in [2.24, 2.45) is 4.99 Å². The molecule has 0 aliphatic carbocycles. The second kappa shape index (κ2) is 13.9. The molecule has 0 fully saturated rings. The monoisotopic (exact) mass is 643 g/mol. The number of thioether (sulfide) groups is 1. The lowest BCUT2D eigenvalue weighted by atomic mass is 9.93. The molecule has 0 unspecified atom stereocenters. The Morgan fingerprint density at radius 3 is 2.48 bits per heavy atom. The van der Waals surface area contributed by atoms with E-state index in [1.54, 1.807) is 35.4 Å². The van der Waals surface area contributed by atoms with Crippen molar-refractivity contribution >= 4 is 40.8 Å². The standard InChI is InChI=1S/C37H29N3O4S2/c1-3-43-36(42)32-33(27-9-5-4-6-10-27)39-37-40(34(32)28-16-18-30(45-2)19-17-28)35(41)31(46-37)21-26-8-7-11-29(20-26)44-23-25-14-12-24(22-38)13-15-25/h4-21,34H,3,23H2,1-2H3/b31-21-/t34-/m1/s1. The van der Waals surface area contributed by atoms with Gasteiger partial charge in [-0.2, -0.15) is 5.26 Å². The van der Waals surface area contributed by atoms with Crippen LogP contribution < -0.4 is 19.6 Å². The zero-order chi connectivity index (χ0) is 32.0. The number of aromatic nitrogens is 1. The average Bonchev–Trinajstić information content (AvgIpc) is 3.41. The van der Waals surface area contributed by atoms with Crippen molar-refractivity contribution in [3.8, 4) is 11.8 Å². The highest BCUT2D eigenvalue weighted by atomic mass is 32.2. The molecule has 0 amide bonds. The third-order valence-corrected chi connectivity index (χ3v) is 9.18. The number of carbonyl (C=O) groups excluding carboxylic acids is 1. The van der Waals surface area contributed by atoms with Gasteiger partial charge in [-0.3, -0.25) is 9.36 Å². The van der Waals surface area contributed by atoms with E-state index in [9.17, 15) is 9.59 Å². The molecule has 0 radical (unpaired) electrons. The van der Waals surface area contributed by atoms with E-state index in [0.29, 0.717) is 38.5 Å². The molecular formula is C37H29N3O4S2. The Morgan fingerprint density at radius 1 is 1.02 bits per heavy atom. The Morgan fingerprint density at radius 2 is 1.78 bits per heavy atom. The lowest BCUT2D eigenvalue weighted by molar-refractivity contribution is -0.138. The van der Waals surface area contributed by atoms with Crippen LogP contribution in [0.15, 0.2) is 123 Å². The number of hydrogen-bond acceptors (Lipinski definition) is 8. The van der Waals surface area contributed by atoms with Gasteiger partial charge in [0, 0.05) is 10.5 Å². The highest BCUT2D eigenvalue weighted by molar-refractivity contribution is 7.98. The van der Waals surface area contributed by atoms with E-state index in [-0.39, 0.29) is 12.2 Å². The first-order valence-electron chi connectivity index (χ1n) is 14.6. The van der Waals surface area contributed by atoms with Crippen molar-refractivity contribution in [3.63, 3.8) is 0 Å². The minimum atomic E-state index is -0.731. The third-order valence-electron chi connectivity index (χ3n) is 7.45. The van der Waals surface area contributed by atoms with Crippen LogP contribution in [-0.4, -0.2) is 23.4 Å². The fourth-order valence-corrected chi connectivity index (χ4v) is 6.64. The smallest absolute Gasteiger partial charge is 0.338 e. The number of benzene rings is 4. The summed E-state index contributed by atoms with van der Waals surface area (Å²) in [6.07, 6.45) is 3.82. The van der Waals surface area contributed by atoms with Gasteiger partial charge in [0.1, 0.15) is 12.4 Å². The quantitative estimate of drug-likeness (QED) is 0.142. The highest BCUT2D eigenvalue weighted by Gasteiger charge is 2.35. The van der Waals surface area contributed by atoms with Crippen LogP contribution in [0.5, 0.6) is 5.75 Å². The molecule has 0 saturated heterocycles. The van der Waals surface area contributed by atoms with Gasteiger partial charge in [-0.15, -0.1) is 11.8 Å². The van der Waals surface area contributed by atoms with Gasteiger partial charge in [-0.25, -0.2) is 9.79 Å². The summed E-state index contributed by atoms with van der Waals surface area (Å²) < 4.78 is 13.7. The third kappa shape index (κ3) is 6.45. The molecule has 0 saturated carbocycles. The van der Waals surface area contributed by atoms with E-state index < -0.39 is 12.0 Å². The Kier molecular flexibility index (Phi) is 9.29. The largest absolute Gasteiger partial charge is 0.489 e. The van der Waals surface area contributed by atoms with Crippen molar-refractivity contribution in [2.75, 3.05) is 12.9 Å². The fraction of sp³-hybridized carbons (Fsp3) is 0.135. The van der Waals surface area contributed by atoms with Crippen LogP contribution in [0.3, 0.4) is 0 Å². The number of nitrogens with zero attached hydrogens (tertiary/aromatic N) is 3. The number of fused-ring (bicyclic) bond motifs is 1. The molecule has 2 heterocycles. The number of carbonyl (C=O) groups is 1. The lowest BCUT2D eigenvalue weighted by Gasteiger charge is -2.26. The topological polar surface area (TPSA) is 93.7 Å². The summed E-state index contributed by atoms with van der Waals surface area (Å²) in [5.41, 5.74) is 4.44. The number of nitriles is 1. The Bertz CT molecular complexity index is 2140. The molecule has 46 heavy (non-hydrogen) atoms. The number of rotatable bonds is 9. The van der Waals surface area contributed by atoms with Crippen molar-refractivity contribution in [1.82, 2.24) is 4.57 Å². The maximum Gasteiger partial charge on any atom is 0.338 e. The molecule has 1 aliphatic rings. The van der Waals surface area contributed by atoms with Crippen LogP contribution in [0.2, 0.25) is 0 Å². The molecule has 9 heteroatoms. The summed E-state index contributed by atoms with van der Waals surface area (Å²) >= 11 is 2.90. The van der Waals surface area contributed by atoms with Crippen LogP contribution >= 0.6 is 23.1 Å². The SMILES string of the molecule is CCOC(=O)C1=C(c2ccccc2)N=c2s/c(=C\c3cccc(OCc4ccc(C#N)cc4)c3)c(=O)n2[C@@H]1c1ccc(SC)cc1. The zero-order valence-corrected chi connectivity index (χ0v) is 26.8. The zero-order valence-electron chi connectivity index (χ0n) is 25.2. The Balaban J connectivity index is 1.45. The van der Waals surface area contributed by atoms with Gasteiger partial charge in [0.05, 0.1) is 40.1 Å². The summed E-state index contributed by atoms with van der Waals surface area (Å²) in [6.45, 7) is 2.29. The predicted octanol–water partition coefficient (Wildman–Crippen LogP) is 6.11. The van der Waals surface area contributed by atoms with Crippen molar-refractivity contribution in [1.29, 1.82) is 5.26 Å². The van der Waals surface area contributed by atoms with E-state index in [1.165, 1.54) is 11.3 Å². The minimum absolute atomic E-state index is 0.191. The molecule has 1 atom stereocenters. The molecule has 4 aromatic carbocycles. The highest BCUT2D eigenvalue weighted by Crippen LogP contribution is 2.35. The van der Waals surface area contributed by atoms with Crippen LogP contribution in [0.25, 0.3) is 11.8 Å². The first-order chi connectivity index (χ1) is 22.5. The molecule has 0 N–H and O–H groups in total. The van der Waals surface area contributed by atoms with Crippen LogP contribution in [0.4, 0.5) is 0 Å². The molecular weight excluding hydrogens is 615 g/mol. The molecule has 228 valence electrons. The first-order valence-corrected chi connectivity index (χ1v) is 16.7. The lowest BCUT2D eigenvalue weighted by Crippen LogP contribution is -2.40. The predicted molar refractivity (Wildman–Crippen MR) is 181 cm³/mol. The molecule has 0 spiro atoms. The summed E-state index contributed by atoms with van der Waals surface area (Å²) in [4.78, 5) is 34.3. The second-order valence-corrected chi connectivity index (χ2v) is 12.3. The van der Waals surface area contributed by atoms with E-state index in [4.69, 9.17) is 19.7 Å². The van der Waals surface area contributed by atoms with E-state index in [0.717, 1.165) is 27.1 Å². The molecule has 1 aliphatic heterocycles. The molecule has 7 nitrogen and oxygen atoms in total. The number of esters is 1. The van der Waals surface area contributed by atoms with Crippen molar-refractivity contribution < 1.29 is 14.3 Å². The average molecular weight is 644 g/mol. The normalized spacial score (nSPS) is 14.3. The van der Waals surface area contributed by atoms with Crippen LogP contribution in [0, 0.1) is 11.3 Å². The number of thiazole rings is 1. The van der Waals surface area contributed by atoms with Crippen LogP contribution in [0.1, 0.15) is 40.8 Å². The second-order valence-electron chi connectivity index (χ2n) is 10.4. The maximum atomic E-state index is 14.2. The maximum absolute atomic E-state index is 14.2. The van der Waals surface area contributed by atoms with Gasteiger partial charge in [0.25, 0.3) is 5.56 Å². The van der Waals surface area contributed by atoms with Gasteiger partial charge in [-0.1, -0.05) is 78.1 Å². The summed E-state index contributed by atoms with van der Waals surface area (Å²) in [7, 11) is 0. The molecule has 1 aromatic heterocycles. The number of ether oxygens (including phenoxy) is 2. The van der Waals surface area contributed by atoms with Gasteiger partial charge in [0.2, 0.25) is 0 Å². The summed E-state index contributed by atoms with van der Waals surface area (Å²) in [5, 5.41) is 9.04. The van der Waals surface area contributed by atoms with Crippen molar-refractivity contribution in [3.05, 3.63) is 156 Å². The molecule has 0 bridgehead atoms.